The lowest BCUT2D eigenvalue weighted by molar-refractivity contribution is 0.123. The molecule has 1 unspecified atom stereocenters. The fourth-order valence-corrected chi connectivity index (χ4v) is 3.77. The number of benzene rings is 1. The second-order valence-corrected chi connectivity index (χ2v) is 6.59. The average molecular weight is 283 g/mol. The SMILES string of the molecule is Cc1ccc2cc(C(N)C3(N(C)C)CCCC3)ccc2n1. The molecule has 1 heterocycles. The molecule has 0 aliphatic heterocycles. The van der Waals surface area contributed by atoms with E-state index in [1.807, 2.05) is 6.92 Å². The van der Waals surface area contributed by atoms with Crippen LogP contribution in [0.2, 0.25) is 0 Å². The third kappa shape index (κ3) is 2.45. The molecule has 3 nitrogen and oxygen atoms in total. The van der Waals surface area contributed by atoms with Crippen LogP contribution in [0.3, 0.4) is 0 Å². The van der Waals surface area contributed by atoms with Gasteiger partial charge in [-0.15, -0.1) is 0 Å². The summed E-state index contributed by atoms with van der Waals surface area (Å²) in [4.78, 5) is 6.91. The fourth-order valence-electron chi connectivity index (χ4n) is 3.77. The molecule has 1 aliphatic carbocycles. The third-order valence-electron chi connectivity index (χ3n) is 5.15. The maximum absolute atomic E-state index is 6.70. The van der Waals surface area contributed by atoms with Crippen LogP contribution >= 0.6 is 0 Å². The van der Waals surface area contributed by atoms with Crippen LogP contribution < -0.4 is 5.73 Å². The summed E-state index contributed by atoms with van der Waals surface area (Å²) in [6.45, 7) is 2.03. The number of aryl methyl sites for hydroxylation is 1. The van der Waals surface area contributed by atoms with Crippen LogP contribution in [0.1, 0.15) is 43.0 Å². The van der Waals surface area contributed by atoms with Gasteiger partial charge in [0.05, 0.1) is 5.52 Å². The largest absolute Gasteiger partial charge is 0.322 e. The number of hydrogen-bond acceptors (Lipinski definition) is 3. The average Bonchev–Trinajstić information content (AvgIpc) is 2.96. The number of nitrogens with two attached hydrogens (primary N) is 1. The lowest BCUT2D eigenvalue weighted by Gasteiger charge is -2.41. The summed E-state index contributed by atoms with van der Waals surface area (Å²) in [6, 6.07) is 10.7. The maximum atomic E-state index is 6.70. The molecule has 2 N–H and O–H groups in total. The van der Waals surface area contributed by atoms with Crippen LogP contribution in [0.4, 0.5) is 0 Å². The highest BCUT2D eigenvalue weighted by Gasteiger charge is 2.42. The van der Waals surface area contributed by atoms with Gasteiger partial charge < -0.3 is 10.6 Å². The van der Waals surface area contributed by atoms with Crippen molar-refractivity contribution >= 4 is 10.9 Å². The Morgan fingerprint density at radius 3 is 2.52 bits per heavy atom. The van der Waals surface area contributed by atoms with Crippen molar-refractivity contribution < 1.29 is 0 Å². The molecule has 1 saturated carbocycles. The number of aromatic nitrogens is 1. The number of fused-ring (bicyclic) bond motifs is 1. The minimum atomic E-state index is 0.0562. The molecule has 1 aromatic carbocycles. The second kappa shape index (κ2) is 5.39. The van der Waals surface area contributed by atoms with Gasteiger partial charge in [0.1, 0.15) is 0 Å². The maximum Gasteiger partial charge on any atom is 0.0705 e. The molecule has 1 aromatic heterocycles. The summed E-state index contributed by atoms with van der Waals surface area (Å²) in [5.74, 6) is 0. The summed E-state index contributed by atoms with van der Waals surface area (Å²) in [5, 5.41) is 1.18. The summed E-state index contributed by atoms with van der Waals surface area (Å²) >= 11 is 0. The summed E-state index contributed by atoms with van der Waals surface area (Å²) in [5.41, 5.74) is 10.1. The van der Waals surface area contributed by atoms with E-state index >= 15 is 0 Å². The van der Waals surface area contributed by atoms with Crippen molar-refractivity contribution in [2.45, 2.75) is 44.2 Å². The number of pyridine rings is 1. The van der Waals surface area contributed by atoms with Gasteiger partial charge in [0.2, 0.25) is 0 Å². The first kappa shape index (κ1) is 14.5. The van der Waals surface area contributed by atoms with E-state index in [2.05, 4.69) is 54.3 Å². The summed E-state index contributed by atoms with van der Waals surface area (Å²) < 4.78 is 0. The van der Waals surface area contributed by atoms with Crippen molar-refractivity contribution in [2.75, 3.05) is 14.1 Å². The molecular weight excluding hydrogens is 258 g/mol. The van der Waals surface area contributed by atoms with Crippen LogP contribution in [0.5, 0.6) is 0 Å². The van der Waals surface area contributed by atoms with Gasteiger partial charge in [-0.1, -0.05) is 25.0 Å². The van der Waals surface area contributed by atoms with Crippen molar-refractivity contribution in [3.8, 4) is 0 Å². The van der Waals surface area contributed by atoms with Crippen LogP contribution in [0.15, 0.2) is 30.3 Å². The van der Waals surface area contributed by atoms with Crippen LogP contribution in [0.25, 0.3) is 10.9 Å². The van der Waals surface area contributed by atoms with E-state index in [1.54, 1.807) is 0 Å². The van der Waals surface area contributed by atoms with E-state index < -0.39 is 0 Å². The lowest BCUT2D eigenvalue weighted by Crippen LogP contribution is -2.50. The molecule has 1 aliphatic rings. The fraction of sp³-hybridized carbons (Fsp3) is 0.500. The Morgan fingerprint density at radius 1 is 1.14 bits per heavy atom. The topological polar surface area (TPSA) is 42.1 Å². The zero-order chi connectivity index (χ0) is 15.0. The molecule has 0 spiro atoms. The van der Waals surface area contributed by atoms with Gasteiger partial charge in [-0.3, -0.25) is 4.98 Å². The smallest absolute Gasteiger partial charge is 0.0705 e. The van der Waals surface area contributed by atoms with Crippen molar-refractivity contribution in [3.63, 3.8) is 0 Å². The highest BCUT2D eigenvalue weighted by Crippen LogP contribution is 2.42. The molecule has 1 atom stereocenters. The van der Waals surface area contributed by atoms with Crippen molar-refractivity contribution in [3.05, 3.63) is 41.6 Å². The Balaban J connectivity index is 2.01. The summed E-state index contributed by atoms with van der Waals surface area (Å²) in [7, 11) is 4.33. The monoisotopic (exact) mass is 283 g/mol. The number of rotatable bonds is 3. The van der Waals surface area contributed by atoms with Crippen molar-refractivity contribution in [1.82, 2.24) is 9.88 Å². The van der Waals surface area contributed by atoms with Gasteiger partial charge in [0.25, 0.3) is 0 Å². The van der Waals surface area contributed by atoms with E-state index in [0.717, 1.165) is 11.2 Å². The van der Waals surface area contributed by atoms with Gasteiger partial charge >= 0.3 is 0 Å². The Labute approximate surface area is 127 Å². The molecule has 3 heteroatoms. The minimum absolute atomic E-state index is 0.0562. The first-order chi connectivity index (χ1) is 10.0. The number of hydrogen-bond donors (Lipinski definition) is 1. The van der Waals surface area contributed by atoms with Gasteiger partial charge in [-0.25, -0.2) is 0 Å². The molecule has 0 amide bonds. The van der Waals surface area contributed by atoms with E-state index in [1.165, 1.54) is 36.6 Å². The van der Waals surface area contributed by atoms with E-state index in [9.17, 15) is 0 Å². The first-order valence-electron chi connectivity index (χ1n) is 7.83. The minimum Gasteiger partial charge on any atom is -0.322 e. The van der Waals surface area contributed by atoms with E-state index in [-0.39, 0.29) is 11.6 Å². The van der Waals surface area contributed by atoms with Crippen LogP contribution in [-0.2, 0) is 0 Å². The molecule has 0 bridgehead atoms. The molecule has 21 heavy (non-hydrogen) atoms. The van der Waals surface area contributed by atoms with Gasteiger partial charge in [0, 0.05) is 22.7 Å². The highest BCUT2D eigenvalue weighted by atomic mass is 15.2. The Kier molecular flexibility index (Phi) is 3.72. The Hall–Kier alpha value is -1.45. The number of likely N-dealkylation sites (N-methyl/N-ethyl adjacent to an activating group) is 1. The molecule has 2 aromatic rings. The molecule has 0 saturated heterocycles. The summed E-state index contributed by atoms with van der Waals surface area (Å²) in [6.07, 6.45) is 4.93. The molecule has 0 radical (unpaired) electrons. The zero-order valence-corrected chi connectivity index (χ0v) is 13.3. The third-order valence-corrected chi connectivity index (χ3v) is 5.15. The predicted octanol–water partition coefficient (Wildman–Crippen LogP) is 3.42. The van der Waals surface area contributed by atoms with Gasteiger partial charge in [-0.2, -0.15) is 0 Å². The number of nitrogens with zero attached hydrogens (tertiary/aromatic N) is 2. The predicted molar refractivity (Wildman–Crippen MR) is 88.3 cm³/mol. The quantitative estimate of drug-likeness (QED) is 0.938. The van der Waals surface area contributed by atoms with E-state index in [4.69, 9.17) is 5.73 Å². The molecule has 112 valence electrons. The standard InChI is InChI=1S/C18H25N3/c1-13-6-7-14-12-15(8-9-16(14)20-13)17(19)18(21(2)3)10-4-5-11-18/h6-9,12,17H,4-5,10-11,19H2,1-3H3. The zero-order valence-electron chi connectivity index (χ0n) is 13.3. The van der Waals surface area contributed by atoms with Gasteiger partial charge in [0.15, 0.2) is 0 Å². The molecular formula is C18H25N3. The lowest BCUT2D eigenvalue weighted by atomic mass is 9.83. The van der Waals surface area contributed by atoms with Crippen molar-refractivity contribution in [2.24, 2.45) is 5.73 Å². The van der Waals surface area contributed by atoms with Crippen molar-refractivity contribution in [1.29, 1.82) is 0 Å². The van der Waals surface area contributed by atoms with E-state index in [0.29, 0.717) is 0 Å². The van der Waals surface area contributed by atoms with Crippen LogP contribution in [0, 0.1) is 6.92 Å². The normalized spacial score (nSPS) is 19.3. The molecule has 1 fully saturated rings. The van der Waals surface area contributed by atoms with Crippen LogP contribution in [-0.4, -0.2) is 29.5 Å². The highest BCUT2D eigenvalue weighted by molar-refractivity contribution is 5.79. The molecule has 3 rings (SSSR count). The Bertz CT molecular complexity index is 642. The van der Waals surface area contributed by atoms with Gasteiger partial charge in [-0.05, 0) is 57.6 Å². The second-order valence-electron chi connectivity index (χ2n) is 6.59. The first-order valence-corrected chi connectivity index (χ1v) is 7.83. The Morgan fingerprint density at radius 2 is 1.86 bits per heavy atom.